The summed E-state index contributed by atoms with van der Waals surface area (Å²) in [6.07, 6.45) is 0. The van der Waals surface area contributed by atoms with Gasteiger partial charge in [-0.05, 0) is 0 Å². The Labute approximate surface area is 46.7 Å². The van der Waals surface area contributed by atoms with Crippen LogP contribution in [0.25, 0.3) is 0 Å². The minimum Gasteiger partial charge on any atom is -0.480 e. The highest BCUT2D eigenvalue weighted by molar-refractivity contribution is 5.83. The summed E-state index contributed by atoms with van der Waals surface area (Å²) in [6.45, 7) is 0.696. The number of nitrogens with two attached hydrogens (primary N) is 1. The van der Waals surface area contributed by atoms with E-state index in [9.17, 15) is 4.79 Å². The lowest BCUT2D eigenvalue weighted by Gasteiger charge is -2.00. The average Bonchev–Trinajstić information content (AvgIpc) is 2.44. The number of carboxylic acids is 1. The summed E-state index contributed by atoms with van der Waals surface area (Å²) in [5, 5.41) is 11.0. The van der Waals surface area contributed by atoms with E-state index in [-0.39, 0.29) is 6.54 Å². The SMILES string of the molecule is NCC1(C(=O)O)CN1. The van der Waals surface area contributed by atoms with Crippen molar-refractivity contribution < 1.29 is 9.90 Å². The first-order chi connectivity index (χ1) is 3.71. The van der Waals surface area contributed by atoms with Crippen molar-refractivity contribution in [1.29, 1.82) is 0 Å². The van der Waals surface area contributed by atoms with Gasteiger partial charge in [0.05, 0.1) is 0 Å². The molecule has 1 saturated heterocycles. The third kappa shape index (κ3) is 0.579. The monoisotopic (exact) mass is 116 g/mol. The van der Waals surface area contributed by atoms with Crippen molar-refractivity contribution in [3.8, 4) is 0 Å². The first-order valence-corrected chi connectivity index (χ1v) is 2.40. The van der Waals surface area contributed by atoms with Crippen molar-refractivity contribution in [2.24, 2.45) is 5.73 Å². The molecule has 0 saturated carbocycles. The van der Waals surface area contributed by atoms with Crippen molar-refractivity contribution in [1.82, 2.24) is 5.32 Å². The van der Waals surface area contributed by atoms with Crippen molar-refractivity contribution in [3.63, 3.8) is 0 Å². The number of carboxylic acid groups (broad SMARTS) is 1. The van der Waals surface area contributed by atoms with E-state index in [1.54, 1.807) is 0 Å². The Balaban J connectivity index is 2.53. The standard InChI is InChI=1S/C4H8N2O2/c5-1-4(2-6-4)3(7)8/h6H,1-2,5H2,(H,7,8). The highest BCUT2D eigenvalue weighted by atomic mass is 16.4. The zero-order valence-corrected chi connectivity index (χ0v) is 4.35. The van der Waals surface area contributed by atoms with Gasteiger partial charge in [-0.15, -0.1) is 0 Å². The molecule has 1 fully saturated rings. The fraction of sp³-hybridized carbons (Fsp3) is 0.750. The zero-order valence-electron chi connectivity index (χ0n) is 4.35. The maximum Gasteiger partial charge on any atom is 0.326 e. The number of hydrogen-bond acceptors (Lipinski definition) is 3. The van der Waals surface area contributed by atoms with Gasteiger partial charge in [-0.3, -0.25) is 10.1 Å². The molecular formula is C4H8N2O2. The molecule has 0 aromatic rings. The molecule has 0 amide bonds. The molecule has 1 atom stereocenters. The van der Waals surface area contributed by atoms with Crippen LogP contribution in [0, 0.1) is 0 Å². The molecule has 1 rings (SSSR count). The maximum atomic E-state index is 10.2. The van der Waals surface area contributed by atoms with Gasteiger partial charge in [-0.1, -0.05) is 0 Å². The Morgan fingerprint density at radius 1 is 2.00 bits per heavy atom. The van der Waals surface area contributed by atoms with Crippen LogP contribution in [0.5, 0.6) is 0 Å². The Kier molecular flexibility index (Phi) is 0.988. The molecule has 1 unspecified atom stereocenters. The lowest BCUT2D eigenvalue weighted by Crippen LogP contribution is -2.35. The molecule has 0 aromatic heterocycles. The van der Waals surface area contributed by atoms with Gasteiger partial charge in [0.2, 0.25) is 0 Å². The van der Waals surface area contributed by atoms with Crippen LogP contribution in [0.2, 0.25) is 0 Å². The molecule has 4 nitrogen and oxygen atoms in total. The third-order valence-electron chi connectivity index (χ3n) is 1.36. The largest absolute Gasteiger partial charge is 0.480 e. The quantitative estimate of drug-likeness (QED) is 0.378. The first kappa shape index (κ1) is 5.53. The van der Waals surface area contributed by atoms with E-state index in [0.29, 0.717) is 6.54 Å². The summed E-state index contributed by atoms with van der Waals surface area (Å²) < 4.78 is 0. The predicted octanol–water partition coefficient (Wildman–Crippen LogP) is -1.63. The Bertz CT molecular complexity index is 119. The van der Waals surface area contributed by atoms with E-state index in [2.05, 4.69) is 5.32 Å². The van der Waals surface area contributed by atoms with Gasteiger partial charge >= 0.3 is 5.97 Å². The van der Waals surface area contributed by atoms with E-state index in [1.807, 2.05) is 0 Å². The van der Waals surface area contributed by atoms with Crippen molar-refractivity contribution in [3.05, 3.63) is 0 Å². The fourth-order valence-corrected chi connectivity index (χ4v) is 0.490. The number of carbonyl (C=O) groups is 1. The Morgan fingerprint density at radius 2 is 2.50 bits per heavy atom. The molecule has 4 heteroatoms. The summed E-state index contributed by atoms with van der Waals surface area (Å²) in [7, 11) is 0. The second-order valence-electron chi connectivity index (χ2n) is 1.94. The fourth-order valence-electron chi connectivity index (χ4n) is 0.490. The summed E-state index contributed by atoms with van der Waals surface area (Å²) in [5.74, 6) is -0.847. The summed E-state index contributed by atoms with van der Waals surface area (Å²) in [6, 6.07) is 0. The van der Waals surface area contributed by atoms with Gasteiger partial charge in [-0.25, -0.2) is 0 Å². The van der Waals surface area contributed by atoms with Gasteiger partial charge in [0.1, 0.15) is 5.54 Å². The summed E-state index contributed by atoms with van der Waals surface area (Å²) in [4.78, 5) is 10.2. The minimum atomic E-state index is -0.847. The lowest BCUT2D eigenvalue weighted by atomic mass is 10.2. The number of nitrogens with one attached hydrogen (secondary N) is 1. The van der Waals surface area contributed by atoms with E-state index in [1.165, 1.54) is 0 Å². The Morgan fingerprint density at radius 3 is 2.50 bits per heavy atom. The molecule has 0 bridgehead atoms. The normalized spacial score (nSPS) is 34.6. The summed E-state index contributed by atoms with van der Waals surface area (Å²) in [5.41, 5.74) is 4.36. The molecule has 8 heavy (non-hydrogen) atoms. The van der Waals surface area contributed by atoms with Crippen molar-refractivity contribution in [2.75, 3.05) is 13.1 Å². The Hall–Kier alpha value is -0.610. The number of aliphatic carboxylic acids is 1. The molecular weight excluding hydrogens is 108 g/mol. The molecule has 1 aliphatic rings. The predicted molar refractivity (Wildman–Crippen MR) is 27.4 cm³/mol. The van der Waals surface area contributed by atoms with E-state index >= 15 is 0 Å². The maximum absolute atomic E-state index is 10.2. The van der Waals surface area contributed by atoms with Crippen LogP contribution in [-0.4, -0.2) is 29.7 Å². The van der Waals surface area contributed by atoms with Gasteiger partial charge in [0.25, 0.3) is 0 Å². The molecule has 46 valence electrons. The minimum absolute atomic E-state index is 0.183. The molecule has 1 aliphatic heterocycles. The smallest absolute Gasteiger partial charge is 0.326 e. The van der Waals surface area contributed by atoms with Gasteiger partial charge in [0.15, 0.2) is 0 Å². The summed E-state index contributed by atoms with van der Waals surface area (Å²) >= 11 is 0. The van der Waals surface area contributed by atoms with Crippen molar-refractivity contribution >= 4 is 5.97 Å². The second-order valence-corrected chi connectivity index (χ2v) is 1.94. The van der Waals surface area contributed by atoms with E-state index < -0.39 is 11.5 Å². The van der Waals surface area contributed by atoms with Crippen LogP contribution in [0.15, 0.2) is 0 Å². The van der Waals surface area contributed by atoms with Gasteiger partial charge < -0.3 is 10.8 Å². The van der Waals surface area contributed by atoms with Crippen LogP contribution in [0.1, 0.15) is 0 Å². The highest BCUT2D eigenvalue weighted by Crippen LogP contribution is 2.13. The topological polar surface area (TPSA) is 85.3 Å². The van der Waals surface area contributed by atoms with Crippen molar-refractivity contribution in [2.45, 2.75) is 5.54 Å². The molecule has 1 heterocycles. The second kappa shape index (κ2) is 1.43. The molecule has 0 radical (unpaired) electrons. The average molecular weight is 116 g/mol. The van der Waals surface area contributed by atoms with Crippen LogP contribution < -0.4 is 11.1 Å². The van der Waals surface area contributed by atoms with Crippen LogP contribution in [-0.2, 0) is 4.79 Å². The first-order valence-electron chi connectivity index (χ1n) is 2.40. The molecule has 0 aliphatic carbocycles. The van der Waals surface area contributed by atoms with Crippen LogP contribution in [0.3, 0.4) is 0 Å². The zero-order chi connectivity index (χ0) is 6.20. The van der Waals surface area contributed by atoms with E-state index in [0.717, 1.165) is 0 Å². The highest BCUT2D eigenvalue weighted by Gasteiger charge is 2.48. The van der Waals surface area contributed by atoms with Crippen LogP contribution in [0.4, 0.5) is 0 Å². The number of rotatable bonds is 2. The van der Waals surface area contributed by atoms with E-state index in [4.69, 9.17) is 10.8 Å². The third-order valence-corrected chi connectivity index (χ3v) is 1.36. The van der Waals surface area contributed by atoms with Gasteiger partial charge in [0, 0.05) is 13.1 Å². The number of hydrogen-bond donors (Lipinski definition) is 3. The molecule has 4 N–H and O–H groups in total. The van der Waals surface area contributed by atoms with Crippen LogP contribution >= 0.6 is 0 Å². The van der Waals surface area contributed by atoms with Gasteiger partial charge in [-0.2, -0.15) is 0 Å². The molecule has 0 aromatic carbocycles. The lowest BCUT2D eigenvalue weighted by molar-refractivity contribution is -0.139. The molecule has 0 spiro atoms.